The van der Waals surface area contributed by atoms with Crippen LogP contribution in [-0.2, 0) is 11.3 Å². The molecule has 1 aromatic carbocycles. The van der Waals surface area contributed by atoms with Gasteiger partial charge in [0.15, 0.2) is 0 Å². The zero-order chi connectivity index (χ0) is 13.7. The predicted molar refractivity (Wildman–Crippen MR) is 72.6 cm³/mol. The van der Waals surface area contributed by atoms with E-state index < -0.39 is 6.10 Å². The number of nitrogens with zero attached hydrogens (tertiary/aromatic N) is 1. The van der Waals surface area contributed by atoms with Crippen molar-refractivity contribution >= 4 is 6.09 Å². The van der Waals surface area contributed by atoms with Crippen molar-refractivity contribution in [3.8, 4) is 0 Å². The Morgan fingerprint density at radius 1 is 1.42 bits per heavy atom. The largest absolute Gasteiger partial charge is 0.445 e. The fraction of sp³-hybridized carbons (Fsp3) is 0.400. The highest BCUT2D eigenvalue weighted by Crippen LogP contribution is 2.14. The van der Waals surface area contributed by atoms with Crippen LogP contribution < -0.4 is 0 Å². The minimum Gasteiger partial charge on any atom is -0.445 e. The highest BCUT2D eigenvalue weighted by atomic mass is 16.6. The van der Waals surface area contributed by atoms with E-state index in [0.29, 0.717) is 13.1 Å². The van der Waals surface area contributed by atoms with Crippen molar-refractivity contribution in [1.29, 1.82) is 0 Å². The summed E-state index contributed by atoms with van der Waals surface area (Å²) < 4.78 is 5.27. The summed E-state index contributed by atoms with van der Waals surface area (Å²) in [6.45, 7) is 3.09. The van der Waals surface area contributed by atoms with Crippen LogP contribution in [0.3, 0.4) is 0 Å². The Hall–Kier alpha value is -1.81. The molecule has 1 amide bonds. The van der Waals surface area contributed by atoms with Crippen LogP contribution in [0.15, 0.2) is 42.0 Å². The molecule has 4 nitrogen and oxygen atoms in total. The van der Waals surface area contributed by atoms with E-state index in [9.17, 15) is 9.90 Å². The van der Waals surface area contributed by atoms with Gasteiger partial charge in [-0.05, 0) is 24.5 Å². The maximum atomic E-state index is 11.9. The highest BCUT2D eigenvalue weighted by molar-refractivity contribution is 5.68. The van der Waals surface area contributed by atoms with Crippen molar-refractivity contribution in [3.63, 3.8) is 0 Å². The molecule has 0 aromatic heterocycles. The van der Waals surface area contributed by atoms with Crippen LogP contribution in [0.1, 0.15) is 18.9 Å². The maximum absolute atomic E-state index is 11.9. The monoisotopic (exact) mass is 261 g/mol. The minimum absolute atomic E-state index is 0.282. The summed E-state index contributed by atoms with van der Waals surface area (Å²) in [5.74, 6) is 0. The second-order valence-corrected chi connectivity index (χ2v) is 4.71. The Kier molecular flexibility index (Phi) is 4.58. The van der Waals surface area contributed by atoms with E-state index in [2.05, 4.69) is 0 Å². The van der Waals surface area contributed by atoms with E-state index in [1.165, 1.54) is 0 Å². The quantitative estimate of drug-likeness (QED) is 0.850. The van der Waals surface area contributed by atoms with Crippen LogP contribution in [0, 0.1) is 0 Å². The number of hydrogen-bond acceptors (Lipinski definition) is 3. The van der Waals surface area contributed by atoms with E-state index in [1.54, 1.807) is 11.8 Å². The molecular weight excluding hydrogens is 242 g/mol. The standard InChI is InChI=1S/C15H19NO3/c1-12(17)14-8-5-9-16(10-14)15(18)19-11-13-6-3-2-4-7-13/h2-4,6-8,12,17H,5,9-11H2,1H3/t12-/m1/s1. The van der Waals surface area contributed by atoms with Gasteiger partial charge in [0.05, 0.1) is 6.10 Å². The molecular formula is C15H19NO3. The molecule has 1 heterocycles. The van der Waals surface area contributed by atoms with Crippen LogP contribution in [0.5, 0.6) is 0 Å². The lowest BCUT2D eigenvalue weighted by atomic mass is 10.1. The molecule has 0 saturated carbocycles. The molecule has 0 aliphatic carbocycles. The summed E-state index contributed by atoms with van der Waals surface area (Å²) in [6, 6.07) is 9.60. The van der Waals surface area contributed by atoms with Gasteiger partial charge >= 0.3 is 6.09 Å². The van der Waals surface area contributed by atoms with Gasteiger partial charge in [-0.2, -0.15) is 0 Å². The number of carbonyl (C=O) groups excluding carboxylic acids is 1. The molecule has 1 aromatic rings. The first-order chi connectivity index (χ1) is 9.16. The molecule has 0 bridgehead atoms. The normalized spacial score (nSPS) is 16.7. The van der Waals surface area contributed by atoms with Crippen molar-refractivity contribution in [2.45, 2.75) is 26.1 Å². The summed E-state index contributed by atoms with van der Waals surface area (Å²) in [5.41, 5.74) is 1.85. The van der Waals surface area contributed by atoms with Crippen molar-refractivity contribution in [2.75, 3.05) is 13.1 Å². The van der Waals surface area contributed by atoms with Crippen molar-refractivity contribution in [1.82, 2.24) is 4.90 Å². The topological polar surface area (TPSA) is 49.8 Å². The minimum atomic E-state index is -0.510. The van der Waals surface area contributed by atoms with Crippen molar-refractivity contribution in [3.05, 3.63) is 47.5 Å². The Bertz CT molecular complexity index is 454. The van der Waals surface area contributed by atoms with Gasteiger partial charge < -0.3 is 14.7 Å². The lowest BCUT2D eigenvalue weighted by molar-refractivity contribution is 0.0951. The summed E-state index contributed by atoms with van der Waals surface area (Å²) >= 11 is 0. The highest BCUT2D eigenvalue weighted by Gasteiger charge is 2.21. The number of hydrogen-bond donors (Lipinski definition) is 1. The summed E-state index contributed by atoms with van der Waals surface area (Å²) in [6.07, 6.45) is 1.92. The van der Waals surface area contributed by atoms with E-state index in [-0.39, 0.29) is 12.7 Å². The molecule has 0 spiro atoms. The molecule has 4 heteroatoms. The molecule has 0 fully saturated rings. The first-order valence-electron chi connectivity index (χ1n) is 6.49. The average Bonchev–Trinajstić information content (AvgIpc) is 2.46. The molecule has 1 N–H and O–H groups in total. The Labute approximate surface area is 113 Å². The molecule has 1 aliphatic rings. The SMILES string of the molecule is C[C@@H](O)C1=CCCN(C(=O)OCc2ccccc2)C1. The Balaban J connectivity index is 1.86. The van der Waals surface area contributed by atoms with Crippen LogP contribution >= 0.6 is 0 Å². The van der Waals surface area contributed by atoms with Gasteiger partial charge in [-0.25, -0.2) is 4.79 Å². The van der Waals surface area contributed by atoms with E-state index in [1.807, 2.05) is 36.4 Å². The van der Waals surface area contributed by atoms with Crippen molar-refractivity contribution in [2.24, 2.45) is 0 Å². The van der Waals surface area contributed by atoms with Gasteiger partial charge in [-0.3, -0.25) is 0 Å². The molecule has 19 heavy (non-hydrogen) atoms. The van der Waals surface area contributed by atoms with Gasteiger partial charge in [-0.1, -0.05) is 36.4 Å². The summed E-state index contributed by atoms with van der Waals surface area (Å²) in [7, 11) is 0. The molecule has 0 saturated heterocycles. The molecule has 1 aliphatic heterocycles. The third-order valence-electron chi connectivity index (χ3n) is 3.18. The van der Waals surface area contributed by atoms with Gasteiger partial charge in [0, 0.05) is 13.1 Å². The molecule has 0 radical (unpaired) electrons. The van der Waals surface area contributed by atoms with Crippen LogP contribution in [-0.4, -0.2) is 35.3 Å². The first-order valence-corrected chi connectivity index (χ1v) is 6.49. The van der Waals surface area contributed by atoms with Gasteiger partial charge in [0.2, 0.25) is 0 Å². The van der Waals surface area contributed by atoms with E-state index in [4.69, 9.17) is 4.74 Å². The average molecular weight is 261 g/mol. The smallest absolute Gasteiger partial charge is 0.410 e. The summed E-state index contributed by atoms with van der Waals surface area (Å²) in [5, 5.41) is 9.54. The molecule has 2 rings (SSSR count). The number of amides is 1. The van der Waals surface area contributed by atoms with Crippen LogP contribution in [0.25, 0.3) is 0 Å². The number of aliphatic hydroxyl groups is 1. The molecule has 1 atom stereocenters. The lowest BCUT2D eigenvalue weighted by Crippen LogP contribution is -2.38. The molecule has 0 unspecified atom stereocenters. The molecule has 102 valence electrons. The second kappa shape index (κ2) is 6.38. The Morgan fingerprint density at radius 2 is 2.16 bits per heavy atom. The van der Waals surface area contributed by atoms with Crippen LogP contribution in [0.2, 0.25) is 0 Å². The predicted octanol–water partition coefficient (Wildman–Crippen LogP) is 2.34. The zero-order valence-corrected chi connectivity index (χ0v) is 11.1. The number of rotatable bonds is 3. The maximum Gasteiger partial charge on any atom is 0.410 e. The number of benzene rings is 1. The van der Waals surface area contributed by atoms with E-state index >= 15 is 0 Å². The fourth-order valence-electron chi connectivity index (χ4n) is 2.04. The number of carbonyl (C=O) groups is 1. The summed E-state index contributed by atoms with van der Waals surface area (Å²) in [4.78, 5) is 13.6. The second-order valence-electron chi connectivity index (χ2n) is 4.71. The number of ether oxygens (including phenoxy) is 1. The third kappa shape index (κ3) is 3.83. The number of aliphatic hydroxyl groups excluding tert-OH is 1. The van der Waals surface area contributed by atoms with Gasteiger partial charge in [0.1, 0.15) is 6.61 Å². The third-order valence-corrected chi connectivity index (χ3v) is 3.18. The zero-order valence-electron chi connectivity index (χ0n) is 11.1. The van der Waals surface area contributed by atoms with Gasteiger partial charge in [-0.15, -0.1) is 0 Å². The Morgan fingerprint density at radius 3 is 2.84 bits per heavy atom. The lowest BCUT2D eigenvalue weighted by Gasteiger charge is -2.27. The van der Waals surface area contributed by atoms with Crippen molar-refractivity contribution < 1.29 is 14.6 Å². The van der Waals surface area contributed by atoms with E-state index in [0.717, 1.165) is 17.6 Å². The van der Waals surface area contributed by atoms with Gasteiger partial charge in [0.25, 0.3) is 0 Å². The fourth-order valence-corrected chi connectivity index (χ4v) is 2.04. The first kappa shape index (κ1) is 13.6. The van der Waals surface area contributed by atoms with Crippen LogP contribution in [0.4, 0.5) is 4.79 Å².